The maximum absolute atomic E-state index is 12.0. The highest BCUT2D eigenvalue weighted by atomic mass is 16.5. The fraction of sp³-hybridized carbons (Fsp3) is 0.481. The number of amides is 1. The molecule has 182 valence electrons. The van der Waals surface area contributed by atoms with Gasteiger partial charge < -0.3 is 15.2 Å². The Kier molecular flexibility index (Phi) is 12.2. The first kappa shape index (κ1) is 28.2. The third-order valence-electron chi connectivity index (χ3n) is 5.27. The van der Waals surface area contributed by atoms with Crippen LogP contribution in [0.5, 0.6) is 5.75 Å². The van der Waals surface area contributed by atoms with E-state index in [1.165, 1.54) is 5.69 Å². The molecular weight excluding hydrogens is 416 g/mol. The van der Waals surface area contributed by atoms with Crippen LogP contribution in [-0.2, 0) is 16.0 Å². The molecule has 0 saturated carbocycles. The minimum Gasteiger partial charge on any atom is -0.493 e. The highest BCUT2D eigenvalue weighted by Gasteiger charge is 2.12. The normalized spacial score (nSPS) is 10.9. The van der Waals surface area contributed by atoms with Crippen LogP contribution in [0.2, 0.25) is 0 Å². The molecule has 6 nitrogen and oxygen atoms in total. The van der Waals surface area contributed by atoms with E-state index in [1.54, 1.807) is 18.2 Å². The number of benzene rings is 2. The van der Waals surface area contributed by atoms with Crippen molar-refractivity contribution in [3.8, 4) is 5.75 Å². The Labute approximate surface area is 199 Å². The third-order valence-corrected chi connectivity index (χ3v) is 5.27. The second-order valence-electron chi connectivity index (χ2n) is 8.91. The number of hydrogen-bond donors (Lipinski definition) is 1. The van der Waals surface area contributed by atoms with Gasteiger partial charge in [-0.25, -0.2) is 0 Å². The lowest BCUT2D eigenvalue weighted by atomic mass is 10.1. The molecule has 33 heavy (non-hydrogen) atoms. The van der Waals surface area contributed by atoms with E-state index in [1.807, 2.05) is 18.2 Å². The minimum absolute atomic E-state index is 0. The van der Waals surface area contributed by atoms with Crippen molar-refractivity contribution in [2.75, 3.05) is 34.4 Å². The molecular formula is C27H41N2O4+. The quantitative estimate of drug-likeness (QED) is 0.242. The number of nitrogens with zero attached hydrogens (tertiary/aromatic N) is 1. The molecule has 0 aromatic heterocycles. The Balaban J connectivity index is 0.00000544. The van der Waals surface area contributed by atoms with Crippen LogP contribution in [-0.4, -0.2) is 46.2 Å². The van der Waals surface area contributed by atoms with Crippen molar-refractivity contribution in [2.24, 2.45) is 5.73 Å². The molecule has 0 aliphatic rings. The van der Waals surface area contributed by atoms with Crippen LogP contribution < -0.4 is 15.0 Å². The Hall–Kier alpha value is -2.86. The molecule has 0 fully saturated rings. The van der Waals surface area contributed by atoms with Crippen LogP contribution in [0.1, 0.15) is 61.9 Å². The zero-order valence-corrected chi connectivity index (χ0v) is 19.6. The zero-order chi connectivity index (χ0) is 23.4. The van der Waals surface area contributed by atoms with Crippen LogP contribution in [0, 0.1) is 0 Å². The largest absolute Gasteiger partial charge is 0.493 e. The van der Waals surface area contributed by atoms with Gasteiger partial charge in [0.05, 0.1) is 46.3 Å². The molecule has 0 unspecified atom stereocenters. The van der Waals surface area contributed by atoms with E-state index in [0.29, 0.717) is 30.9 Å². The number of rotatable bonds is 14. The molecule has 2 N–H and O–H groups in total. The predicted octanol–water partition coefficient (Wildman–Crippen LogP) is 5.12. The molecule has 0 atom stereocenters. The van der Waals surface area contributed by atoms with Gasteiger partial charge in [0.1, 0.15) is 11.4 Å². The summed E-state index contributed by atoms with van der Waals surface area (Å²) in [5, 5.41) is 0. The Bertz CT molecular complexity index is 857. The van der Waals surface area contributed by atoms with Gasteiger partial charge in [0, 0.05) is 0 Å². The second-order valence-corrected chi connectivity index (χ2v) is 8.91. The average molecular weight is 458 g/mol. The molecule has 0 radical (unpaired) electrons. The fourth-order valence-electron chi connectivity index (χ4n) is 3.35. The number of primary amides is 1. The lowest BCUT2D eigenvalue weighted by molar-refractivity contribution is -0.142. The number of unbranched alkanes of at least 4 members (excludes halogenated alkanes) is 5. The summed E-state index contributed by atoms with van der Waals surface area (Å²) in [7, 11) is 6.34. The SMILES string of the molecule is C.C[N+](C)(C)c1ccc(CC(=O)OCCCCCCCCOc2ccccc2C(N)=O)cc1. The predicted molar refractivity (Wildman–Crippen MR) is 136 cm³/mol. The standard InChI is InChI=1S/C26H36N2O4.CH4/c1-28(2,3)22-16-14-21(15-17-22)20-25(29)32-19-11-7-5-4-6-10-18-31-24-13-9-8-12-23(24)26(27)30;/h8-9,12-17H,4-7,10-11,18-20H2,1-3H3,(H-,27,30);1H4/p+1. The topological polar surface area (TPSA) is 78.6 Å². The molecule has 0 aliphatic heterocycles. The summed E-state index contributed by atoms with van der Waals surface area (Å²) in [4.78, 5) is 23.4. The summed E-state index contributed by atoms with van der Waals surface area (Å²) in [6, 6.07) is 15.2. The summed E-state index contributed by atoms with van der Waals surface area (Å²) < 4.78 is 11.8. The average Bonchev–Trinajstić information content (AvgIpc) is 2.75. The molecule has 2 aromatic carbocycles. The van der Waals surface area contributed by atoms with E-state index in [-0.39, 0.29) is 13.4 Å². The molecule has 0 spiro atoms. The number of hydrogen-bond acceptors (Lipinski definition) is 4. The van der Waals surface area contributed by atoms with Crippen LogP contribution in [0.4, 0.5) is 5.69 Å². The first-order chi connectivity index (χ1) is 15.3. The van der Waals surface area contributed by atoms with Gasteiger partial charge in [0.25, 0.3) is 5.91 Å². The van der Waals surface area contributed by atoms with Crippen molar-refractivity contribution in [2.45, 2.75) is 52.4 Å². The van der Waals surface area contributed by atoms with Gasteiger partial charge in [-0.1, -0.05) is 57.4 Å². The summed E-state index contributed by atoms with van der Waals surface area (Å²) in [6.07, 6.45) is 6.42. The fourth-order valence-corrected chi connectivity index (χ4v) is 3.35. The number of nitrogens with two attached hydrogens (primary N) is 1. The van der Waals surface area contributed by atoms with Crippen LogP contribution in [0.25, 0.3) is 0 Å². The number of ether oxygens (including phenoxy) is 2. The summed E-state index contributed by atoms with van der Waals surface area (Å²) in [5.74, 6) is -0.0958. The van der Waals surface area contributed by atoms with E-state index in [4.69, 9.17) is 15.2 Å². The molecule has 0 saturated heterocycles. The first-order valence-electron chi connectivity index (χ1n) is 11.4. The van der Waals surface area contributed by atoms with Crippen molar-refractivity contribution in [3.63, 3.8) is 0 Å². The minimum atomic E-state index is -0.473. The highest BCUT2D eigenvalue weighted by molar-refractivity contribution is 5.95. The Morgan fingerprint density at radius 1 is 0.818 bits per heavy atom. The number of esters is 1. The maximum Gasteiger partial charge on any atom is 0.310 e. The summed E-state index contributed by atoms with van der Waals surface area (Å²) >= 11 is 0. The lowest BCUT2D eigenvalue weighted by Crippen LogP contribution is -2.34. The Morgan fingerprint density at radius 3 is 2.00 bits per heavy atom. The smallest absolute Gasteiger partial charge is 0.310 e. The van der Waals surface area contributed by atoms with Gasteiger partial charge in [-0.05, 0) is 42.7 Å². The van der Waals surface area contributed by atoms with Crippen molar-refractivity contribution >= 4 is 17.6 Å². The third kappa shape index (κ3) is 10.5. The molecule has 0 aliphatic carbocycles. The van der Waals surface area contributed by atoms with Crippen LogP contribution in [0.15, 0.2) is 48.5 Å². The van der Waals surface area contributed by atoms with Crippen molar-refractivity contribution in [1.82, 2.24) is 4.48 Å². The van der Waals surface area contributed by atoms with E-state index >= 15 is 0 Å². The zero-order valence-electron chi connectivity index (χ0n) is 19.6. The van der Waals surface area contributed by atoms with Crippen LogP contribution in [0.3, 0.4) is 0 Å². The van der Waals surface area contributed by atoms with E-state index in [9.17, 15) is 9.59 Å². The van der Waals surface area contributed by atoms with E-state index < -0.39 is 5.91 Å². The van der Waals surface area contributed by atoms with E-state index in [0.717, 1.165) is 48.6 Å². The van der Waals surface area contributed by atoms with Crippen molar-refractivity contribution < 1.29 is 19.1 Å². The summed E-state index contributed by atoms with van der Waals surface area (Å²) in [6.45, 7) is 1.04. The summed E-state index contributed by atoms with van der Waals surface area (Å²) in [5.41, 5.74) is 7.95. The maximum atomic E-state index is 12.0. The lowest BCUT2D eigenvalue weighted by Gasteiger charge is -2.23. The molecule has 6 heteroatoms. The van der Waals surface area contributed by atoms with Gasteiger partial charge >= 0.3 is 5.97 Å². The van der Waals surface area contributed by atoms with Crippen molar-refractivity contribution in [3.05, 3.63) is 59.7 Å². The molecule has 0 heterocycles. The number of para-hydroxylation sites is 1. The Morgan fingerprint density at radius 2 is 1.39 bits per heavy atom. The van der Waals surface area contributed by atoms with Crippen molar-refractivity contribution in [1.29, 1.82) is 0 Å². The van der Waals surface area contributed by atoms with E-state index in [2.05, 4.69) is 33.3 Å². The molecule has 1 amide bonds. The molecule has 2 rings (SSSR count). The molecule has 0 bridgehead atoms. The number of carbonyl (C=O) groups excluding carboxylic acids is 2. The van der Waals surface area contributed by atoms with Gasteiger partial charge in [-0.15, -0.1) is 0 Å². The molecule has 2 aromatic rings. The monoisotopic (exact) mass is 457 g/mol. The second kappa shape index (κ2) is 14.3. The number of carbonyl (C=O) groups is 2. The first-order valence-corrected chi connectivity index (χ1v) is 11.4. The van der Waals surface area contributed by atoms with Gasteiger partial charge in [-0.3, -0.25) is 14.1 Å². The van der Waals surface area contributed by atoms with Gasteiger partial charge in [0.15, 0.2) is 0 Å². The number of quaternary nitrogens is 1. The van der Waals surface area contributed by atoms with Gasteiger partial charge in [0.2, 0.25) is 0 Å². The highest BCUT2D eigenvalue weighted by Crippen LogP contribution is 2.19. The van der Waals surface area contributed by atoms with Crippen LogP contribution >= 0.6 is 0 Å². The van der Waals surface area contributed by atoms with Gasteiger partial charge in [-0.2, -0.15) is 0 Å².